The van der Waals surface area contributed by atoms with Gasteiger partial charge in [-0.25, -0.2) is 14.4 Å². The zero-order chi connectivity index (χ0) is 24.5. The summed E-state index contributed by atoms with van der Waals surface area (Å²) in [5, 5.41) is 17.5. The second-order valence-corrected chi connectivity index (χ2v) is 7.11. The average Bonchev–Trinajstić information content (AvgIpc) is 3.06. The maximum Gasteiger partial charge on any atom is 0.425 e. The van der Waals surface area contributed by atoms with Gasteiger partial charge >= 0.3 is 6.18 Å². The molecule has 33 heavy (non-hydrogen) atoms. The number of rotatable bonds is 6. The van der Waals surface area contributed by atoms with Gasteiger partial charge in [0.25, 0.3) is 5.91 Å². The van der Waals surface area contributed by atoms with E-state index in [4.69, 9.17) is 21.4 Å². The van der Waals surface area contributed by atoms with E-state index in [0.717, 1.165) is 12.3 Å². The first-order chi connectivity index (χ1) is 15.4. The van der Waals surface area contributed by atoms with Gasteiger partial charge in [-0.05, 0) is 26.0 Å². The molecule has 0 fully saturated rings. The van der Waals surface area contributed by atoms with Crippen LogP contribution in [0.1, 0.15) is 28.7 Å². The summed E-state index contributed by atoms with van der Waals surface area (Å²) >= 11 is 5.86. The maximum absolute atomic E-state index is 14.9. The van der Waals surface area contributed by atoms with E-state index in [1.807, 2.05) is 0 Å². The number of anilines is 1. The van der Waals surface area contributed by atoms with Crippen molar-refractivity contribution in [1.29, 1.82) is 0 Å². The summed E-state index contributed by atoms with van der Waals surface area (Å²) in [6.07, 6.45) is -6.35. The predicted octanol–water partition coefficient (Wildman–Crippen LogP) is 4.18. The van der Waals surface area contributed by atoms with Crippen LogP contribution >= 0.6 is 11.6 Å². The van der Waals surface area contributed by atoms with Crippen LogP contribution in [-0.4, -0.2) is 43.5 Å². The number of aromatic amines is 1. The maximum atomic E-state index is 14.9. The summed E-state index contributed by atoms with van der Waals surface area (Å²) in [6.45, 7) is 1.37. The van der Waals surface area contributed by atoms with Gasteiger partial charge in [0.05, 0.1) is 29.8 Å². The molecule has 0 aliphatic carbocycles. The zero-order valence-corrected chi connectivity index (χ0v) is 17.6. The molecule has 1 unspecified atom stereocenters. The van der Waals surface area contributed by atoms with Crippen LogP contribution in [0.5, 0.6) is 5.75 Å². The van der Waals surface area contributed by atoms with Gasteiger partial charge in [-0.1, -0.05) is 11.6 Å². The number of carbonyl (C=O) groups is 1. The van der Waals surface area contributed by atoms with Gasteiger partial charge in [0.2, 0.25) is 5.95 Å². The summed E-state index contributed by atoms with van der Waals surface area (Å²) in [5.41, 5.74) is -1.45. The molecule has 14 heteroatoms. The molecule has 1 aromatic carbocycles. The normalized spacial score (nSPS) is 12.5. The number of aliphatic hydroxyl groups excluding tert-OH is 1. The van der Waals surface area contributed by atoms with Crippen molar-refractivity contribution >= 4 is 23.2 Å². The Morgan fingerprint density at radius 2 is 2.03 bits per heavy atom. The minimum absolute atomic E-state index is 0.0398. The summed E-state index contributed by atoms with van der Waals surface area (Å²) in [7, 11) is 0. The van der Waals surface area contributed by atoms with E-state index in [9.17, 15) is 26.7 Å². The Labute approximate surface area is 187 Å². The third-order valence-corrected chi connectivity index (χ3v) is 4.71. The number of ether oxygens (including phenoxy) is 1. The molecule has 0 spiro atoms. The molecular weight excluding hydrogens is 477 g/mol. The number of carbonyl (C=O) groups excluding carboxylic acids is 1. The van der Waals surface area contributed by atoms with Gasteiger partial charge in [-0.3, -0.25) is 9.89 Å². The van der Waals surface area contributed by atoms with Crippen molar-refractivity contribution in [2.24, 2.45) is 0 Å². The van der Waals surface area contributed by atoms with Crippen LogP contribution in [-0.2, 0) is 6.61 Å². The van der Waals surface area contributed by atoms with Crippen LogP contribution in [0.2, 0.25) is 5.15 Å². The van der Waals surface area contributed by atoms with Crippen LogP contribution < -0.4 is 10.1 Å². The lowest BCUT2D eigenvalue weighted by Crippen LogP contribution is -2.32. The van der Waals surface area contributed by atoms with Gasteiger partial charge in [0.1, 0.15) is 22.9 Å². The molecule has 0 saturated heterocycles. The molecule has 8 nitrogen and oxygen atoms in total. The summed E-state index contributed by atoms with van der Waals surface area (Å²) in [5.74, 6) is -3.86. The number of amides is 1. The predicted molar refractivity (Wildman–Crippen MR) is 106 cm³/mol. The number of benzene rings is 1. The van der Waals surface area contributed by atoms with Crippen molar-refractivity contribution in [2.75, 3.05) is 5.32 Å². The Morgan fingerprint density at radius 1 is 1.33 bits per heavy atom. The Hall–Kier alpha value is -3.32. The number of nitrogens with zero attached hydrogens (tertiary/aromatic N) is 3. The van der Waals surface area contributed by atoms with Gasteiger partial charge < -0.3 is 15.2 Å². The zero-order valence-electron chi connectivity index (χ0n) is 16.9. The van der Waals surface area contributed by atoms with Crippen molar-refractivity contribution in [3.8, 4) is 17.0 Å². The van der Waals surface area contributed by atoms with Crippen LogP contribution in [0, 0.1) is 18.7 Å². The second kappa shape index (κ2) is 9.27. The number of H-pyrrole nitrogens is 1. The Balaban J connectivity index is 2.10. The minimum atomic E-state index is -4.80. The van der Waals surface area contributed by atoms with Crippen LogP contribution in [0.25, 0.3) is 11.3 Å². The van der Waals surface area contributed by atoms with E-state index >= 15 is 0 Å². The van der Waals surface area contributed by atoms with Gasteiger partial charge in [-0.15, -0.1) is 0 Å². The number of aromatic nitrogens is 4. The molecule has 0 saturated carbocycles. The fourth-order valence-electron chi connectivity index (χ4n) is 2.65. The van der Waals surface area contributed by atoms with E-state index in [1.54, 1.807) is 0 Å². The van der Waals surface area contributed by atoms with Crippen molar-refractivity contribution in [3.05, 3.63) is 52.2 Å². The van der Waals surface area contributed by atoms with Crippen LogP contribution in [0.15, 0.2) is 18.3 Å². The molecule has 176 valence electrons. The number of aryl methyl sites for hydroxylation is 1. The van der Waals surface area contributed by atoms with Crippen molar-refractivity contribution < 1.29 is 36.6 Å². The molecule has 1 atom stereocenters. The molecule has 0 aliphatic heterocycles. The Kier molecular flexibility index (Phi) is 6.84. The van der Waals surface area contributed by atoms with Crippen molar-refractivity contribution in [2.45, 2.75) is 32.7 Å². The quantitative estimate of drug-likeness (QED) is 0.446. The van der Waals surface area contributed by atoms with Gasteiger partial charge in [-0.2, -0.15) is 22.7 Å². The molecular formula is C19H15ClF5N5O3. The van der Waals surface area contributed by atoms with Gasteiger partial charge in [0.15, 0.2) is 11.3 Å². The lowest BCUT2D eigenvalue weighted by atomic mass is 10.1. The topological polar surface area (TPSA) is 113 Å². The van der Waals surface area contributed by atoms with Gasteiger partial charge in [0, 0.05) is 5.56 Å². The summed E-state index contributed by atoms with van der Waals surface area (Å²) < 4.78 is 72.7. The molecule has 0 aliphatic rings. The highest BCUT2D eigenvalue weighted by atomic mass is 35.5. The first-order valence-electron chi connectivity index (χ1n) is 9.13. The van der Waals surface area contributed by atoms with Crippen LogP contribution in [0.3, 0.4) is 0 Å². The molecule has 2 heterocycles. The number of aliphatic hydroxyl groups is 1. The van der Waals surface area contributed by atoms with Crippen LogP contribution in [0.4, 0.5) is 27.6 Å². The molecule has 3 aromatic rings. The first-order valence-corrected chi connectivity index (χ1v) is 9.51. The largest absolute Gasteiger partial charge is 0.480 e. The SMILES string of the molecule is Cc1[nH]nc(Cl)c1NC(=O)c1cc(F)c(-c2cnc(F)c(CO)n2)cc1OC(C)C(F)(F)F. The number of alkyl halides is 3. The standard InChI is InChI=1S/C19H15ClF5N5O3/c1-7-15(16(20)30-29-7)28-18(32)10-3-11(21)9(4-14(10)33-8(2)19(23,24)25)12-5-26-17(22)13(6-31)27-12/h3-5,8,31H,6H2,1-2H3,(H,28,32)(H,29,30). The number of nitrogens with one attached hydrogen (secondary N) is 2. The van der Waals surface area contributed by atoms with E-state index in [2.05, 4.69) is 25.5 Å². The smallest absolute Gasteiger partial charge is 0.425 e. The molecule has 2 aromatic heterocycles. The first kappa shape index (κ1) is 24.3. The van der Waals surface area contributed by atoms with E-state index in [0.29, 0.717) is 18.7 Å². The molecule has 0 radical (unpaired) electrons. The highest BCUT2D eigenvalue weighted by molar-refractivity contribution is 6.33. The Bertz CT molecular complexity index is 1180. The lowest BCUT2D eigenvalue weighted by molar-refractivity contribution is -0.189. The third-order valence-electron chi connectivity index (χ3n) is 4.44. The fraction of sp³-hybridized carbons (Fsp3) is 0.263. The highest BCUT2D eigenvalue weighted by Gasteiger charge is 2.39. The number of hydrogen-bond donors (Lipinski definition) is 3. The third kappa shape index (κ3) is 5.20. The van der Waals surface area contributed by atoms with E-state index < -0.39 is 59.1 Å². The summed E-state index contributed by atoms with van der Waals surface area (Å²) in [6, 6.07) is 1.44. The fourth-order valence-corrected chi connectivity index (χ4v) is 2.88. The van der Waals surface area contributed by atoms with Crippen molar-refractivity contribution in [3.63, 3.8) is 0 Å². The highest BCUT2D eigenvalue weighted by Crippen LogP contribution is 2.34. The molecule has 0 bridgehead atoms. The van der Waals surface area contributed by atoms with Crippen molar-refractivity contribution in [1.82, 2.24) is 20.2 Å². The number of hydrogen-bond acceptors (Lipinski definition) is 6. The molecule has 3 N–H and O–H groups in total. The monoisotopic (exact) mass is 491 g/mol. The minimum Gasteiger partial charge on any atom is -0.480 e. The summed E-state index contributed by atoms with van der Waals surface area (Å²) in [4.78, 5) is 19.8. The van der Waals surface area contributed by atoms with E-state index in [1.165, 1.54) is 6.92 Å². The second-order valence-electron chi connectivity index (χ2n) is 6.75. The Morgan fingerprint density at radius 3 is 2.61 bits per heavy atom. The average molecular weight is 492 g/mol. The lowest BCUT2D eigenvalue weighted by Gasteiger charge is -2.20. The molecule has 1 amide bonds. The van der Waals surface area contributed by atoms with E-state index in [-0.39, 0.29) is 16.5 Å². The number of halogens is 6. The molecule has 3 rings (SSSR count).